The molecule has 0 saturated carbocycles. The molecule has 0 N–H and O–H groups in total. The summed E-state index contributed by atoms with van der Waals surface area (Å²) in [7, 11) is -2.82. The van der Waals surface area contributed by atoms with Crippen LogP contribution in [0.15, 0.2) is 83.3 Å². The third kappa shape index (κ3) is 6.90. The number of fused-ring (bicyclic) bond motifs is 1. The molecule has 0 bridgehead atoms. The Morgan fingerprint density at radius 1 is 0.875 bits per heavy atom. The molecule has 4 rings (SSSR count). The molecule has 0 unspecified atom stereocenters. The number of hydrogen-bond donors (Lipinski definition) is 0. The van der Waals surface area contributed by atoms with Crippen LogP contribution in [0.3, 0.4) is 0 Å². The standard InChI is InChI=1S/C24H21ClNO.ClHO4/c1-17-8-13-23-21(14-17)22(26(2)16-18-6-4-3-5-7-18)15-24(27-23)19-9-11-20(25)12-10-19;2-1(3,4)5/h3-15H,16H2,1-2H3;(H,2,3,4,5)/q+1;/p-1. The molecular weight excluding hydrogens is 453 g/mol. The smallest absolute Gasteiger partial charge is 0.214 e. The fourth-order valence-corrected chi connectivity index (χ4v) is 3.42. The second kappa shape index (κ2) is 10.3. The lowest BCUT2D eigenvalue weighted by molar-refractivity contribution is -2.00. The minimum absolute atomic E-state index is 0.719. The molecule has 0 amide bonds. The van der Waals surface area contributed by atoms with E-state index in [0.29, 0.717) is 0 Å². The van der Waals surface area contributed by atoms with Gasteiger partial charge >= 0.3 is 0 Å². The maximum Gasteiger partial charge on any atom is 0.214 e. The lowest BCUT2D eigenvalue weighted by Crippen LogP contribution is -2.68. The van der Waals surface area contributed by atoms with Crippen molar-refractivity contribution in [1.82, 2.24) is 4.58 Å². The summed E-state index contributed by atoms with van der Waals surface area (Å²) in [5.74, 6) is 0.831. The molecule has 0 radical (unpaired) electrons. The first-order chi connectivity index (χ1) is 15.1. The molecule has 1 aromatic heterocycles. The van der Waals surface area contributed by atoms with Crippen molar-refractivity contribution in [1.29, 1.82) is 0 Å². The van der Waals surface area contributed by atoms with Crippen molar-refractivity contribution in [2.75, 3.05) is 7.05 Å². The Balaban J connectivity index is 0.000000523. The molecule has 0 aliphatic carbocycles. The largest absolute Gasteiger partial charge is 0.456 e. The van der Waals surface area contributed by atoms with Gasteiger partial charge in [-0.2, -0.15) is 0 Å². The molecular formula is C24H21Cl2NO5. The highest BCUT2D eigenvalue weighted by atomic mass is 35.7. The predicted octanol–water partition coefficient (Wildman–Crippen LogP) is 0.908. The molecule has 0 aliphatic rings. The first-order valence-corrected chi connectivity index (χ1v) is 11.2. The summed E-state index contributed by atoms with van der Waals surface area (Å²) in [4.78, 5) is 0. The molecule has 0 aliphatic heterocycles. The first kappa shape index (κ1) is 23.9. The van der Waals surface area contributed by atoms with E-state index in [2.05, 4.69) is 61.0 Å². The summed E-state index contributed by atoms with van der Waals surface area (Å²) < 4.78 is 42.5. The van der Waals surface area contributed by atoms with Gasteiger partial charge in [0.05, 0.1) is 11.5 Å². The Labute approximate surface area is 192 Å². The van der Waals surface area contributed by atoms with Gasteiger partial charge in [-0.3, -0.25) is 0 Å². The zero-order valence-electron chi connectivity index (χ0n) is 17.5. The van der Waals surface area contributed by atoms with Gasteiger partial charge in [-0.05, 0) is 43.3 Å². The third-order valence-electron chi connectivity index (χ3n) is 4.70. The van der Waals surface area contributed by atoms with Gasteiger partial charge < -0.3 is 4.42 Å². The van der Waals surface area contributed by atoms with E-state index in [9.17, 15) is 0 Å². The Morgan fingerprint density at radius 2 is 1.50 bits per heavy atom. The Kier molecular flexibility index (Phi) is 7.69. The molecule has 1 heterocycles. The second-order valence-corrected chi connectivity index (χ2v) is 8.41. The normalized spacial score (nSPS) is 12.2. The molecule has 0 fully saturated rings. The van der Waals surface area contributed by atoms with Crippen molar-refractivity contribution < 1.29 is 33.3 Å². The van der Waals surface area contributed by atoms with E-state index in [1.54, 1.807) is 0 Å². The summed E-state index contributed by atoms with van der Waals surface area (Å²) in [6.07, 6.45) is 0. The van der Waals surface area contributed by atoms with Crippen molar-refractivity contribution in [3.05, 3.63) is 100 Å². The maximum atomic E-state index is 8.49. The van der Waals surface area contributed by atoms with Crippen LogP contribution in [0.1, 0.15) is 11.1 Å². The van der Waals surface area contributed by atoms with Gasteiger partial charge in [-0.1, -0.05) is 53.6 Å². The van der Waals surface area contributed by atoms with Crippen LogP contribution in [-0.4, -0.2) is 7.05 Å². The average molecular weight is 474 g/mol. The average Bonchev–Trinajstić information content (AvgIpc) is 2.73. The second-order valence-electron chi connectivity index (χ2n) is 7.22. The highest BCUT2D eigenvalue weighted by Crippen LogP contribution is 2.24. The minimum Gasteiger partial charge on any atom is -0.456 e. The minimum atomic E-state index is -4.94. The van der Waals surface area contributed by atoms with Gasteiger partial charge in [0.2, 0.25) is 5.36 Å². The van der Waals surface area contributed by atoms with Crippen molar-refractivity contribution >= 4 is 22.6 Å². The molecule has 3 aromatic carbocycles. The summed E-state index contributed by atoms with van der Waals surface area (Å²) in [5.41, 5.74) is 4.38. The van der Waals surface area contributed by atoms with Crippen LogP contribution in [0.4, 0.5) is 0 Å². The summed E-state index contributed by atoms with van der Waals surface area (Å²) in [6.45, 7) is 2.93. The quantitative estimate of drug-likeness (QED) is 0.410. The van der Waals surface area contributed by atoms with Gasteiger partial charge in [0.15, 0.2) is 6.54 Å². The number of hydrogen-bond acceptors (Lipinski definition) is 5. The van der Waals surface area contributed by atoms with Crippen molar-refractivity contribution in [3.8, 4) is 11.3 Å². The van der Waals surface area contributed by atoms with E-state index in [0.717, 1.165) is 39.2 Å². The van der Waals surface area contributed by atoms with Gasteiger partial charge in [-0.25, -0.2) is 23.2 Å². The van der Waals surface area contributed by atoms with E-state index in [4.69, 9.17) is 34.7 Å². The van der Waals surface area contributed by atoms with Crippen LogP contribution < -0.4 is 28.6 Å². The molecule has 6 nitrogen and oxygen atoms in total. The molecule has 0 spiro atoms. The van der Waals surface area contributed by atoms with E-state index in [-0.39, 0.29) is 0 Å². The fourth-order valence-electron chi connectivity index (χ4n) is 3.30. The monoisotopic (exact) mass is 473 g/mol. The summed E-state index contributed by atoms with van der Waals surface area (Å²) in [6, 6.07) is 26.7. The van der Waals surface area contributed by atoms with Gasteiger partial charge in [-0.15, -0.1) is 10.2 Å². The number of benzene rings is 3. The molecule has 0 saturated heterocycles. The van der Waals surface area contributed by atoms with Crippen LogP contribution in [-0.2, 0) is 6.54 Å². The molecule has 8 heteroatoms. The maximum absolute atomic E-state index is 8.49. The zero-order chi connectivity index (χ0) is 23.3. The topological polar surface area (TPSA) is 108 Å². The van der Waals surface area contributed by atoms with Crippen molar-refractivity contribution in [2.45, 2.75) is 13.5 Å². The van der Waals surface area contributed by atoms with Gasteiger partial charge in [0.25, 0.3) is 0 Å². The highest BCUT2D eigenvalue weighted by Gasteiger charge is 2.12. The highest BCUT2D eigenvalue weighted by molar-refractivity contribution is 6.30. The van der Waals surface area contributed by atoms with Gasteiger partial charge in [0.1, 0.15) is 18.4 Å². The Bertz CT molecular complexity index is 1260. The van der Waals surface area contributed by atoms with Crippen LogP contribution >= 0.6 is 11.6 Å². The van der Waals surface area contributed by atoms with Crippen molar-refractivity contribution in [2.24, 2.45) is 0 Å². The van der Waals surface area contributed by atoms with E-state index >= 15 is 0 Å². The molecule has 166 valence electrons. The lowest BCUT2D eigenvalue weighted by atomic mass is 10.1. The van der Waals surface area contributed by atoms with E-state index < -0.39 is 10.2 Å². The van der Waals surface area contributed by atoms with Crippen LogP contribution in [0, 0.1) is 17.2 Å². The Hall–Kier alpha value is -2.71. The van der Waals surface area contributed by atoms with E-state index in [1.807, 2.05) is 36.4 Å². The molecule has 32 heavy (non-hydrogen) atoms. The summed E-state index contributed by atoms with van der Waals surface area (Å²) in [5, 5.41) is 2.98. The number of nitrogens with zero attached hydrogens (tertiary/aromatic N) is 1. The van der Waals surface area contributed by atoms with E-state index in [1.165, 1.54) is 11.1 Å². The van der Waals surface area contributed by atoms with Crippen LogP contribution in [0.5, 0.6) is 0 Å². The molecule has 0 atom stereocenters. The lowest BCUT2D eigenvalue weighted by Gasteiger charge is -2.17. The third-order valence-corrected chi connectivity index (χ3v) is 4.95. The number of halogens is 2. The number of aryl methyl sites for hydroxylation is 1. The Morgan fingerprint density at radius 3 is 2.12 bits per heavy atom. The fraction of sp³-hybridized carbons (Fsp3) is 0.125. The zero-order valence-corrected chi connectivity index (χ0v) is 19.0. The predicted molar refractivity (Wildman–Crippen MR) is 113 cm³/mol. The first-order valence-electron chi connectivity index (χ1n) is 9.60. The summed E-state index contributed by atoms with van der Waals surface area (Å²) >= 11 is 6.04. The SMILES string of the molecule is Cc1ccc2oc(-c3ccc(Cl)cc3)cc(=[N+](C)Cc3ccccc3)c2c1.[O-][Cl+3]([O-])([O-])[O-]. The van der Waals surface area contributed by atoms with Crippen LogP contribution in [0.25, 0.3) is 22.3 Å². The van der Waals surface area contributed by atoms with Gasteiger partial charge in [0, 0.05) is 16.1 Å². The van der Waals surface area contributed by atoms with Crippen molar-refractivity contribution in [3.63, 3.8) is 0 Å². The molecule has 4 aromatic rings. The number of rotatable bonds is 3. The van der Waals surface area contributed by atoms with Crippen LogP contribution in [0.2, 0.25) is 5.02 Å².